The molecular formula is C15H22N2O2S2. The van der Waals surface area contributed by atoms with Gasteiger partial charge in [-0.15, -0.1) is 0 Å². The van der Waals surface area contributed by atoms with Gasteiger partial charge in [0.25, 0.3) is 0 Å². The fourth-order valence-electron chi connectivity index (χ4n) is 1.51. The van der Waals surface area contributed by atoms with E-state index in [0.29, 0.717) is 5.75 Å². The molecular weight excluding hydrogens is 304 g/mol. The molecule has 0 heterocycles. The van der Waals surface area contributed by atoms with E-state index in [9.17, 15) is 4.79 Å². The highest BCUT2D eigenvalue weighted by atomic mass is 32.2. The predicted molar refractivity (Wildman–Crippen MR) is 92.5 cm³/mol. The lowest BCUT2D eigenvalue weighted by Gasteiger charge is -2.23. The SMILES string of the molecule is CC(C)(C)OC(=O)N[C@@H](CSCc1ccccc1)C(N)=S. The Morgan fingerprint density at radius 2 is 2.00 bits per heavy atom. The number of hydrogen-bond acceptors (Lipinski definition) is 4. The third-order valence-corrected chi connectivity index (χ3v) is 3.82. The molecule has 0 aliphatic rings. The van der Waals surface area contributed by atoms with Crippen molar-refractivity contribution in [2.75, 3.05) is 5.75 Å². The van der Waals surface area contributed by atoms with Crippen LogP contribution in [0.15, 0.2) is 30.3 Å². The molecule has 0 spiro atoms. The van der Waals surface area contributed by atoms with Gasteiger partial charge in [0.05, 0.1) is 11.0 Å². The summed E-state index contributed by atoms with van der Waals surface area (Å²) >= 11 is 6.67. The van der Waals surface area contributed by atoms with Crippen molar-refractivity contribution in [3.8, 4) is 0 Å². The molecule has 0 bridgehead atoms. The van der Waals surface area contributed by atoms with Crippen LogP contribution in [0.5, 0.6) is 0 Å². The van der Waals surface area contributed by atoms with Gasteiger partial charge in [0.1, 0.15) is 5.60 Å². The number of ether oxygens (including phenoxy) is 1. The summed E-state index contributed by atoms with van der Waals surface area (Å²) in [6, 6.07) is 9.73. The highest BCUT2D eigenvalue weighted by Crippen LogP contribution is 2.13. The van der Waals surface area contributed by atoms with Gasteiger partial charge >= 0.3 is 6.09 Å². The van der Waals surface area contributed by atoms with Crippen LogP contribution >= 0.6 is 24.0 Å². The second kappa shape index (κ2) is 8.24. The average Bonchev–Trinajstić information content (AvgIpc) is 2.36. The first-order valence-corrected chi connectivity index (χ1v) is 8.25. The maximum atomic E-state index is 11.7. The Labute approximate surface area is 135 Å². The molecule has 1 amide bonds. The van der Waals surface area contributed by atoms with E-state index in [1.165, 1.54) is 5.56 Å². The fourth-order valence-corrected chi connectivity index (χ4v) is 2.81. The van der Waals surface area contributed by atoms with E-state index in [1.807, 2.05) is 39.0 Å². The van der Waals surface area contributed by atoms with Gasteiger partial charge in [0.15, 0.2) is 0 Å². The minimum Gasteiger partial charge on any atom is -0.444 e. The molecule has 1 aromatic rings. The van der Waals surface area contributed by atoms with E-state index < -0.39 is 11.7 Å². The second-order valence-corrected chi connectivity index (χ2v) is 7.10. The summed E-state index contributed by atoms with van der Waals surface area (Å²) in [4.78, 5) is 12.0. The molecule has 0 saturated heterocycles. The van der Waals surface area contributed by atoms with E-state index in [2.05, 4.69) is 17.4 Å². The van der Waals surface area contributed by atoms with Crippen molar-refractivity contribution in [1.29, 1.82) is 0 Å². The number of thioether (sulfide) groups is 1. The minimum absolute atomic E-state index is 0.265. The molecule has 1 rings (SSSR count). The van der Waals surface area contributed by atoms with Crippen molar-refractivity contribution in [1.82, 2.24) is 5.32 Å². The fraction of sp³-hybridized carbons (Fsp3) is 0.467. The van der Waals surface area contributed by atoms with E-state index >= 15 is 0 Å². The summed E-state index contributed by atoms with van der Waals surface area (Å²) in [6.45, 7) is 5.44. The Balaban J connectivity index is 2.43. The van der Waals surface area contributed by atoms with Crippen LogP contribution in [0.25, 0.3) is 0 Å². The van der Waals surface area contributed by atoms with Crippen molar-refractivity contribution >= 4 is 35.1 Å². The summed E-state index contributed by atoms with van der Waals surface area (Å²) in [5, 5.41) is 2.71. The Kier molecular flexibility index (Phi) is 6.98. The lowest BCUT2D eigenvalue weighted by atomic mass is 10.2. The zero-order valence-electron chi connectivity index (χ0n) is 12.6. The lowest BCUT2D eigenvalue weighted by Crippen LogP contribution is -2.47. The summed E-state index contributed by atoms with van der Waals surface area (Å²) < 4.78 is 5.21. The van der Waals surface area contributed by atoms with Crippen LogP contribution in [-0.2, 0) is 10.5 Å². The number of benzene rings is 1. The zero-order chi connectivity index (χ0) is 15.9. The van der Waals surface area contributed by atoms with Crippen LogP contribution in [-0.4, -0.2) is 28.5 Å². The molecule has 1 aromatic carbocycles. The number of amides is 1. The van der Waals surface area contributed by atoms with Crippen LogP contribution in [0.2, 0.25) is 0 Å². The van der Waals surface area contributed by atoms with Gasteiger partial charge in [0, 0.05) is 11.5 Å². The first-order chi connectivity index (χ1) is 9.78. The number of carbonyl (C=O) groups is 1. The molecule has 1 atom stereocenters. The number of nitrogens with two attached hydrogens (primary N) is 1. The van der Waals surface area contributed by atoms with Gasteiger partial charge in [-0.3, -0.25) is 0 Å². The van der Waals surface area contributed by atoms with E-state index in [0.717, 1.165) is 5.75 Å². The number of hydrogen-bond donors (Lipinski definition) is 2. The van der Waals surface area contributed by atoms with E-state index in [1.54, 1.807) is 11.8 Å². The number of thiocarbonyl (C=S) groups is 1. The molecule has 0 aliphatic heterocycles. The summed E-state index contributed by atoms with van der Waals surface area (Å²) in [6.07, 6.45) is -0.499. The molecule has 6 heteroatoms. The Hall–Kier alpha value is -1.27. The highest BCUT2D eigenvalue weighted by molar-refractivity contribution is 7.98. The largest absolute Gasteiger partial charge is 0.444 e. The van der Waals surface area contributed by atoms with Gasteiger partial charge in [0.2, 0.25) is 0 Å². The van der Waals surface area contributed by atoms with Crippen molar-refractivity contribution < 1.29 is 9.53 Å². The maximum absolute atomic E-state index is 11.7. The highest BCUT2D eigenvalue weighted by Gasteiger charge is 2.20. The Morgan fingerprint density at radius 1 is 1.38 bits per heavy atom. The second-order valence-electron chi connectivity index (χ2n) is 5.60. The van der Waals surface area contributed by atoms with E-state index in [4.69, 9.17) is 22.7 Å². The molecule has 3 N–H and O–H groups in total. The molecule has 21 heavy (non-hydrogen) atoms. The first-order valence-electron chi connectivity index (χ1n) is 6.68. The molecule has 116 valence electrons. The number of rotatable bonds is 6. The molecule has 0 aliphatic carbocycles. The van der Waals surface area contributed by atoms with Crippen LogP contribution in [0, 0.1) is 0 Å². The zero-order valence-corrected chi connectivity index (χ0v) is 14.2. The van der Waals surface area contributed by atoms with Crippen molar-refractivity contribution in [3.05, 3.63) is 35.9 Å². The van der Waals surface area contributed by atoms with Crippen LogP contribution < -0.4 is 11.1 Å². The van der Waals surface area contributed by atoms with Gasteiger partial charge in [-0.2, -0.15) is 11.8 Å². The first kappa shape index (κ1) is 17.8. The summed E-state index contributed by atoms with van der Waals surface area (Å²) in [5.74, 6) is 1.46. The Morgan fingerprint density at radius 3 is 2.52 bits per heavy atom. The van der Waals surface area contributed by atoms with Gasteiger partial charge in [-0.05, 0) is 26.3 Å². The monoisotopic (exact) mass is 326 g/mol. The standard InChI is InChI=1S/C15H22N2O2S2/c1-15(2,3)19-14(18)17-12(13(16)20)10-21-9-11-7-5-4-6-8-11/h4-8,12H,9-10H2,1-3H3,(H2,16,20)(H,17,18)/t12-/m0/s1. The molecule has 0 saturated carbocycles. The maximum Gasteiger partial charge on any atom is 0.408 e. The van der Waals surface area contributed by atoms with Crippen molar-refractivity contribution in [2.24, 2.45) is 5.73 Å². The van der Waals surface area contributed by atoms with Crippen molar-refractivity contribution in [3.63, 3.8) is 0 Å². The molecule has 0 fully saturated rings. The van der Waals surface area contributed by atoms with Crippen LogP contribution in [0.3, 0.4) is 0 Å². The molecule has 0 aromatic heterocycles. The summed E-state index contributed by atoms with van der Waals surface area (Å²) in [5.41, 5.74) is 6.36. The number of nitrogens with one attached hydrogen (secondary N) is 1. The third-order valence-electron chi connectivity index (χ3n) is 2.43. The average molecular weight is 326 g/mol. The van der Waals surface area contributed by atoms with Gasteiger partial charge < -0.3 is 15.8 Å². The predicted octanol–water partition coefficient (Wildman–Crippen LogP) is 3.10. The smallest absolute Gasteiger partial charge is 0.408 e. The van der Waals surface area contributed by atoms with Gasteiger partial charge in [-0.1, -0.05) is 42.5 Å². The van der Waals surface area contributed by atoms with Crippen LogP contribution in [0.4, 0.5) is 4.79 Å². The lowest BCUT2D eigenvalue weighted by molar-refractivity contribution is 0.0522. The molecule has 0 unspecified atom stereocenters. The Bertz CT molecular complexity index is 472. The van der Waals surface area contributed by atoms with E-state index in [-0.39, 0.29) is 11.0 Å². The topological polar surface area (TPSA) is 64.3 Å². The summed E-state index contributed by atoms with van der Waals surface area (Å²) in [7, 11) is 0. The van der Waals surface area contributed by atoms with Crippen LogP contribution in [0.1, 0.15) is 26.3 Å². The van der Waals surface area contributed by atoms with Crippen molar-refractivity contribution in [2.45, 2.75) is 38.2 Å². The third kappa shape index (κ3) is 7.92. The quantitative estimate of drug-likeness (QED) is 0.787. The normalized spacial score (nSPS) is 12.5. The molecule has 4 nitrogen and oxygen atoms in total. The number of alkyl carbamates (subject to hydrolysis) is 1. The molecule has 0 radical (unpaired) electrons. The minimum atomic E-state index is -0.540. The van der Waals surface area contributed by atoms with Gasteiger partial charge in [-0.25, -0.2) is 4.79 Å². The number of carbonyl (C=O) groups excluding carboxylic acids is 1.